The zero-order valence-corrected chi connectivity index (χ0v) is 21.2. The molecule has 1 saturated carbocycles. The molecule has 4 aromatic rings. The number of carboxylic acids is 1. The second kappa shape index (κ2) is 10.9. The number of para-hydroxylation sites is 1. The number of urea groups is 1. The van der Waals surface area contributed by atoms with E-state index in [-0.39, 0.29) is 30.7 Å². The largest absolute Gasteiger partial charge is 0.480 e. The number of anilines is 1. The fraction of sp³-hybridized carbons (Fsp3) is 0.286. The molecule has 0 aliphatic heterocycles. The van der Waals surface area contributed by atoms with E-state index in [2.05, 4.69) is 15.7 Å². The first-order valence-electron chi connectivity index (χ1n) is 12.5. The lowest BCUT2D eigenvalue weighted by Crippen LogP contribution is -2.40. The van der Waals surface area contributed by atoms with Crippen molar-refractivity contribution in [2.24, 2.45) is 7.05 Å². The highest BCUT2D eigenvalue weighted by molar-refractivity contribution is 5.91. The van der Waals surface area contributed by atoms with Crippen molar-refractivity contribution in [1.29, 1.82) is 0 Å². The van der Waals surface area contributed by atoms with E-state index in [4.69, 9.17) is 14.9 Å². The minimum Gasteiger partial charge on any atom is -0.480 e. The van der Waals surface area contributed by atoms with E-state index in [1.165, 1.54) is 0 Å². The molecule has 1 aliphatic rings. The molecule has 0 spiro atoms. The Bertz CT molecular complexity index is 1420. The first-order valence-corrected chi connectivity index (χ1v) is 12.5. The second-order valence-electron chi connectivity index (χ2n) is 9.49. The molecule has 2 amide bonds. The van der Waals surface area contributed by atoms with Gasteiger partial charge in [0.25, 0.3) is 0 Å². The highest BCUT2D eigenvalue weighted by atomic mass is 16.5. The van der Waals surface area contributed by atoms with Crippen LogP contribution in [0.1, 0.15) is 29.9 Å². The van der Waals surface area contributed by atoms with E-state index in [1.54, 1.807) is 15.6 Å². The lowest BCUT2D eigenvalue weighted by atomic mass is 9.94. The van der Waals surface area contributed by atoms with Gasteiger partial charge in [0.05, 0.1) is 18.0 Å². The van der Waals surface area contributed by atoms with Crippen molar-refractivity contribution in [3.05, 3.63) is 84.2 Å². The van der Waals surface area contributed by atoms with Crippen molar-refractivity contribution < 1.29 is 19.4 Å². The molecule has 2 heterocycles. The van der Waals surface area contributed by atoms with Crippen LogP contribution in [0.25, 0.3) is 16.9 Å². The van der Waals surface area contributed by atoms with Crippen LogP contribution in [0, 0.1) is 6.92 Å². The Morgan fingerprint density at radius 3 is 2.45 bits per heavy atom. The molecule has 2 aromatic heterocycles. The average Bonchev–Trinajstić information content (AvgIpc) is 3.61. The van der Waals surface area contributed by atoms with Gasteiger partial charge in [-0.15, -0.1) is 0 Å². The molecule has 1 fully saturated rings. The van der Waals surface area contributed by atoms with Crippen LogP contribution in [-0.2, 0) is 16.6 Å². The van der Waals surface area contributed by atoms with Gasteiger partial charge < -0.3 is 15.2 Å². The molecule has 0 bridgehead atoms. The Morgan fingerprint density at radius 1 is 1.08 bits per heavy atom. The first kappa shape index (κ1) is 25.2. The molecule has 2 aromatic carbocycles. The maximum atomic E-state index is 13.4. The Labute approximate surface area is 220 Å². The van der Waals surface area contributed by atoms with Gasteiger partial charge in [-0.1, -0.05) is 48.5 Å². The summed E-state index contributed by atoms with van der Waals surface area (Å²) < 4.78 is 9.04. The molecule has 38 heavy (non-hydrogen) atoms. The molecular formula is C28H30N6O4. The van der Waals surface area contributed by atoms with Gasteiger partial charge in [0.2, 0.25) is 0 Å². The van der Waals surface area contributed by atoms with Crippen LogP contribution in [-0.4, -0.2) is 55.4 Å². The molecule has 1 aliphatic carbocycles. The number of nitrogens with zero attached hydrogens (tertiary/aromatic N) is 4. The summed E-state index contributed by atoms with van der Waals surface area (Å²) >= 11 is 0. The number of carboxylic acid groups (broad SMARTS) is 1. The van der Waals surface area contributed by atoms with Crippen LogP contribution in [0.4, 0.5) is 10.6 Å². The number of aryl methyl sites for hydroxylation is 1. The highest BCUT2D eigenvalue weighted by Gasteiger charge is 2.37. The number of nitrogens with one attached hydrogen (secondary N) is 2. The quantitative estimate of drug-likeness (QED) is 0.325. The van der Waals surface area contributed by atoms with Crippen LogP contribution in [0.2, 0.25) is 0 Å². The summed E-state index contributed by atoms with van der Waals surface area (Å²) in [7, 11) is 1.85. The number of hydrogen-bond acceptors (Lipinski definition) is 5. The summed E-state index contributed by atoms with van der Waals surface area (Å²) in [5.41, 5.74) is 4.27. The van der Waals surface area contributed by atoms with Crippen LogP contribution in [0.5, 0.6) is 0 Å². The Balaban J connectivity index is 1.40. The monoisotopic (exact) mass is 514 g/mol. The summed E-state index contributed by atoms with van der Waals surface area (Å²) in [6.07, 6.45) is 4.49. The third-order valence-electron chi connectivity index (χ3n) is 6.84. The Hall–Kier alpha value is -4.44. The molecule has 3 atom stereocenters. The van der Waals surface area contributed by atoms with Gasteiger partial charge in [-0.3, -0.25) is 10.00 Å². The van der Waals surface area contributed by atoms with Crippen molar-refractivity contribution in [3.63, 3.8) is 0 Å². The van der Waals surface area contributed by atoms with Crippen molar-refractivity contribution in [3.8, 4) is 16.9 Å². The Morgan fingerprint density at radius 2 is 1.79 bits per heavy atom. The summed E-state index contributed by atoms with van der Waals surface area (Å²) in [4.78, 5) is 24.4. The Kier molecular flexibility index (Phi) is 7.23. The number of aliphatic carboxylic acids is 1. The van der Waals surface area contributed by atoms with E-state index in [0.29, 0.717) is 18.7 Å². The number of ether oxygens (including phenoxy) is 1. The van der Waals surface area contributed by atoms with Crippen LogP contribution >= 0.6 is 0 Å². The SMILES string of the molecule is Cc1c(-c2cnn(C)c2)nn(-c2ccccc2)c1NC(=O)N[C@@H]1C[C@@H](OCC(=O)O)C[C@H]1c1ccccc1. The average molecular weight is 515 g/mol. The minimum absolute atomic E-state index is 0.00756. The molecule has 3 N–H and O–H groups in total. The number of rotatable bonds is 8. The van der Waals surface area contributed by atoms with Crippen molar-refractivity contribution in [2.75, 3.05) is 11.9 Å². The van der Waals surface area contributed by atoms with E-state index >= 15 is 0 Å². The standard InChI is InChI=1S/C28H30N6O4/c1-18-26(20-15-29-33(2)16-20)32-34(21-11-7-4-8-12-21)27(18)31-28(37)30-24-14-22(38-17-25(35)36)13-23(24)19-9-5-3-6-10-19/h3-12,15-16,22-24H,13-14,17H2,1-2H3,(H,35,36)(H2,30,31,37)/t22-,23-,24+/m0/s1. The van der Waals surface area contributed by atoms with Gasteiger partial charge in [0.1, 0.15) is 18.1 Å². The van der Waals surface area contributed by atoms with Gasteiger partial charge in [-0.05, 0) is 37.5 Å². The lowest BCUT2D eigenvalue weighted by Gasteiger charge is -2.21. The lowest BCUT2D eigenvalue weighted by molar-refractivity contribution is -0.144. The smallest absolute Gasteiger partial charge is 0.329 e. The molecule has 10 heteroatoms. The van der Waals surface area contributed by atoms with Crippen LogP contribution < -0.4 is 10.6 Å². The fourth-order valence-corrected chi connectivity index (χ4v) is 5.07. The minimum atomic E-state index is -1.01. The molecule has 0 unspecified atom stereocenters. The van der Waals surface area contributed by atoms with Gasteiger partial charge in [-0.2, -0.15) is 10.2 Å². The number of aromatic nitrogens is 4. The van der Waals surface area contributed by atoms with E-state index in [0.717, 1.165) is 28.1 Å². The van der Waals surface area contributed by atoms with Crippen LogP contribution in [0.15, 0.2) is 73.1 Å². The number of benzene rings is 2. The summed E-state index contributed by atoms with van der Waals surface area (Å²) in [6, 6.07) is 18.9. The van der Waals surface area contributed by atoms with Crippen molar-refractivity contribution in [2.45, 2.75) is 37.8 Å². The van der Waals surface area contributed by atoms with E-state index in [1.807, 2.05) is 80.8 Å². The maximum Gasteiger partial charge on any atom is 0.329 e. The van der Waals surface area contributed by atoms with E-state index in [9.17, 15) is 9.59 Å². The topological polar surface area (TPSA) is 123 Å². The first-order chi connectivity index (χ1) is 18.4. The van der Waals surface area contributed by atoms with Gasteiger partial charge in [0.15, 0.2) is 0 Å². The molecule has 10 nitrogen and oxygen atoms in total. The molecule has 0 radical (unpaired) electrons. The number of hydrogen-bond donors (Lipinski definition) is 3. The predicted octanol–water partition coefficient (Wildman–Crippen LogP) is 4.12. The zero-order valence-electron chi connectivity index (χ0n) is 21.2. The van der Waals surface area contributed by atoms with E-state index < -0.39 is 5.97 Å². The number of carbonyl (C=O) groups is 2. The third-order valence-corrected chi connectivity index (χ3v) is 6.84. The third kappa shape index (κ3) is 5.45. The van der Waals surface area contributed by atoms with Crippen molar-refractivity contribution in [1.82, 2.24) is 24.9 Å². The molecule has 5 rings (SSSR count). The molecule has 0 saturated heterocycles. The second-order valence-corrected chi connectivity index (χ2v) is 9.49. The summed E-state index contributed by atoms with van der Waals surface area (Å²) in [5.74, 6) is -0.461. The van der Waals surface area contributed by atoms with Gasteiger partial charge >= 0.3 is 12.0 Å². The fourth-order valence-electron chi connectivity index (χ4n) is 5.07. The predicted molar refractivity (Wildman–Crippen MR) is 142 cm³/mol. The van der Waals surface area contributed by atoms with Crippen LogP contribution in [0.3, 0.4) is 0 Å². The summed E-state index contributed by atoms with van der Waals surface area (Å²) in [6.45, 7) is 1.56. The zero-order chi connectivity index (χ0) is 26.6. The van der Waals surface area contributed by atoms with Crippen molar-refractivity contribution >= 4 is 17.8 Å². The normalized spacial score (nSPS) is 18.8. The number of amides is 2. The maximum absolute atomic E-state index is 13.4. The summed E-state index contributed by atoms with van der Waals surface area (Å²) in [5, 5.41) is 24.3. The van der Waals surface area contributed by atoms with Gasteiger partial charge in [-0.25, -0.2) is 14.3 Å². The molecular weight excluding hydrogens is 484 g/mol. The molecule has 196 valence electrons. The highest BCUT2D eigenvalue weighted by Crippen LogP contribution is 2.37. The van der Waals surface area contributed by atoms with Gasteiger partial charge in [0, 0.05) is 36.3 Å². The number of carbonyl (C=O) groups excluding carboxylic acids is 1.